The minimum Gasteiger partial charge on any atom is -0.207 e. The third-order valence-electron chi connectivity index (χ3n) is 3.18. The van der Waals surface area contributed by atoms with Gasteiger partial charge in [0.15, 0.2) is 0 Å². The Balaban J connectivity index is 2.43. The van der Waals surface area contributed by atoms with Crippen LogP contribution >= 0.6 is 0 Å². The number of sulfonamides is 1. The van der Waals surface area contributed by atoms with Gasteiger partial charge in [0.1, 0.15) is 0 Å². The van der Waals surface area contributed by atoms with E-state index in [1.54, 1.807) is 10.4 Å². The summed E-state index contributed by atoms with van der Waals surface area (Å²) in [4.78, 5) is 0.455. The van der Waals surface area contributed by atoms with Crippen LogP contribution in [0.5, 0.6) is 0 Å². The van der Waals surface area contributed by atoms with Crippen molar-refractivity contribution in [3.63, 3.8) is 0 Å². The number of aryl methyl sites for hydroxylation is 2. The van der Waals surface area contributed by atoms with Crippen LogP contribution in [0.1, 0.15) is 30.9 Å². The molecule has 1 aromatic rings. The van der Waals surface area contributed by atoms with E-state index in [2.05, 4.69) is 0 Å². The summed E-state index contributed by atoms with van der Waals surface area (Å²) in [6.45, 7) is 6.29. The molecule has 1 aromatic carbocycles. The molecule has 94 valence electrons. The molecule has 0 radical (unpaired) electrons. The Hall–Kier alpha value is -0.870. The fraction of sp³-hybridized carbons (Fsp3) is 0.538. The second kappa shape index (κ2) is 4.42. The molecule has 0 amide bonds. The van der Waals surface area contributed by atoms with Crippen LogP contribution in [0.25, 0.3) is 0 Å². The van der Waals surface area contributed by atoms with E-state index >= 15 is 0 Å². The molecule has 0 aliphatic heterocycles. The van der Waals surface area contributed by atoms with E-state index in [1.807, 2.05) is 32.9 Å². The zero-order valence-corrected chi connectivity index (χ0v) is 11.4. The van der Waals surface area contributed by atoms with E-state index in [1.165, 1.54) is 0 Å². The van der Waals surface area contributed by atoms with E-state index in [4.69, 9.17) is 0 Å². The Kier molecular flexibility index (Phi) is 3.27. The third-order valence-corrected chi connectivity index (χ3v) is 5.37. The molecule has 3 nitrogen and oxygen atoms in total. The number of hydrogen-bond acceptors (Lipinski definition) is 2. The molecule has 1 aliphatic rings. The van der Waals surface area contributed by atoms with Gasteiger partial charge in [-0.3, -0.25) is 0 Å². The van der Waals surface area contributed by atoms with Crippen molar-refractivity contribution < 1.29 is 8.42 Å². The monoisotopic (exact) mass is 253 g/mol. The van der Waals surface area contributed by atoms with Crippen molar-refractivity contribution in [2.45, 2.75) is 44.6 Å². The van der Waals surface area contributed by atoms with Crippen molar-refractivity contribution in [1.82, 2.24) is 4.31 Å². The first-order valence-electron chi connectivity index (χ1n) is 6.06. The predicted octanol–water partition coefficient (Wildman–Crippen LogP) is 2.48. The van der Waals surface area contributed by atoms with E-state index in [-0.39, 0.29) is 6.04 Å². The summed E-state index contributed by atoms with van der Waals surface area (Å²) >= 11 is 0. The van der Waals surface area contributed by atoms with Crippen LogP contribution in [0, 0.1) is 13.8 Å². The van der Waals surface area contributed by atoms with Crippen LogP contribution in [0.15, 0.2) is 23.1 Å². The van der Waals surface area contributed by atoms with Gasteiger partial charge in [0, 0.05) is 12.6 Å². The second-order valence-electron chi connectivity index (χ2n) is 4.71. The molecule has 1 fully saturated rings. The van der Waals surface area contributed by atoms with Gasteiger partial charge in [0.25, 0.3) is 0 Å². The standard InChI is InChI=1S/C13H19NO2S/c1-4-14(12-6-7-12)17(15,16)13-8-5-10(2)9-11(13)3/h5,8-9,12H,4,6-7H2,1-3H3. The van der Waals surface area contributed by atoms with Gasteiger partial charge in [0.05, 0.1) is 4.90 Å². The number of hydrogen-bond donors (Lipinski definition) is 0. The summed E-state index contributed by atoms with van der Waals surface area (Å²) in [5.41, 5.74) is 1.93. The lowest BCUT2D eigenvalue weighted by Gasteiger charge is -2.21. The third kappa shape index (κ3) is 2.38. The van der Waals surface area contributed by atoms with Gasteiger partial charge in [-0.2, -0.15) is 4.31 Å². The normalized spacial score (nSPS) is 16.5. The molecule has 2 rings (SSSR count). The zero-order chi connectivity index (χ0) is 12.6. The van der Waals surface area contributed by atoms with Gasteiger partial charge in [0.2, 0.25) is 10.0 Å². The zero-order valence-electron chi connectivity index (χ0n) is 10.6. The van der Waals surface area contributed by atoms with E-state index in [0.717, 1.165) is 24.0 Å². The Labute approximate surface area is 104 Å². The van der Waals surface area contributed by atoms with Crippen molar-refractivity contribution in [2.75, 3.05) is 6.54 Å². The average Bonchev–Trinajstić information content (AvgIpc) is 3.01. The van der Waals surface area contributed by atoms with Gasteiger partial charge in [-0.25, -0.2) is 8.42 Å². The van der Waals surface area contributed by atoms with Crippen molar-refractivity contribution >= 4 is 10.0 Å². The van der Waals surface area contributed by atoms with Gasteiger partial charge in [-0.05, 0) is 38.3 Å². The lowest BCUT2D eigenvalue weighted by molar-refractivity contribution is 0.420. The quantitative estimate of drug-likeness (QED) is 0.826. The molecule has 0 bridgehead atoms. The summed E-state index contributed by atoms with van der Waals surface area (Å²) < 4.78 is 26.6. The van der Waals surface area contributed by atoms with Gasteiger partial charge < -0.3 is 0 Å². The lowest BCUT2D eigenvalue weighted by Crippen LogP contribution is -2.33. The van der Waals surface area contributed by atoms with E-state index in [9.17, 15) is 8.42 Å². The highest BCUT2D eigenvalue weighted by Crippen LogP contribution is 2.32. The predicted molar refractivity (Wildman–Crippen MR) is 68.5 cm³/mol. The molecule has 4 heteroatoms. The van der Waals surface area contributed by atoms with Crippen molar-refractivity contribution in [3.8, 4) is 0 Å². The molecule has 1 saturated carbocycles. The van der Waals surface area contributed by atoms with Crippen molar-refractivity contribution in [2.24, 2.45) is 0 Å². The smallest absolute Gasteiger partial charge is 0.207 e. The molecule has 0 N–H and O–H groups in total. The van der Waals surface area contributed by atoms with Gasteiger partial charge in [-0.15, -0.1) is 0 Å². The summed E-state index contributed by atoms with van der Waals surface area (Å²) in [7, 11) is -3.30. The van der Waals surface area contributed by atoms with Crippen LogP contribution < -0.4 is 0 Å². The second-order valence-corrected chi connectivity index (χ2v) is 6.57. The van der Waals surface area contributed by atoms with Crippen LogP contribution in [-0.2, 0) is 10.0 Å². The molecule has 0 heterocycles. The highest BCUT2D eigenvalue weighted by molar-refractivity contribution is 7.89. The molecular formula is C13H19NO2S. The van der Waals surface area contributed by atoms with Crippen LogP contribution in [-0.4, -0.2) is 25.3 Å². The van der Waals surface area contributed by atoms with Crippen LogP contribution in [0.4, 0.5) is 0 Å². The number of benzene rings is 1. The molecule has 1 aliphatic carbocycles. The molecule has 0 saturated heterocycles. The molecule has 17 heavy (non-hydrogen) atoms. The fourth-order valence-corrected chi connectivity index (χ4v) is 4.10. The fourth-order valence-electron chi connectivity index (χ4n) is 2.20. The highest BCUT2D eigenvalue weighted by atomic mass is 32.2. The van der Waals surface area contributed by atoms with Gasteiger partial charge >= 0.3 is 0 Å². The first-order valence-corrected chi connectivity index (χ1v) is 7.50. The first-order chi connectivity index (χ1) is 7.96. The minimum atomic E-state index is -3.30. The first kappa shape index (κ1) is 12.6. The van der Waals surface area contributed by atoms with Crippen molar-refractivity contribution in [3.05, 3.63) is 29.3 Å². The molecule has 0 aromatic heterocycles. The average molecular weight is 253 g/mol. The number of rotatable bonds is 4. The minimum absolute atomic E-state index is 0.228. The maximum Gasteiger partial charge on any atom is 0.243 e. The summed E-state index contributed by atoms with van der Waals surface area (Å²) in [5, 5.41) is 0. The lowest BCUT2D eigenvalue weighted by atomic mass is 10.2. The van der Waals surface area contributed by atoms with E-state index < -0.39 is 10.0 Å². The summed E-state index contributed by atoms with van der Waals surface area (Å²) in [6.07, 6.45) is 2.00. The topological polar surface area (TPSA) is 37.4 Å². The maximum absolute atomic E-state index is 12.5. The number of nitrogens with zero attached hydrogens (tertiary/aromatic N) is 1. The van der Waals surface area contributed by atoms with Gasteiger partial charge in [-0.1, -0.05) is 24.6 Å². The Morgan fingerprint density at radius 1 is 1.29 bits per heavy atom. The van der Waals surface area contributed by atoms with Crippen molar-refractivity contribution in [1.29, 1.82) is 0 Å². The van der Waals surface area contributed by atoms with Crippen LogP contribution in [0.3, 0.4) is 0 Å². The Morgan fingerprint density at radius 3 is 2.41 bits per heavy atom. The Morgan fingerprint density at radius 2 is 1.94 bits per heavy atom. The highest BCUT2D eigenvalue weighted by Gasteiger charge is 2.37. The molecule has 0 atom stereocenters. The largest absolute Gasteiger partial charge is 0.243 e. The molecular weight excluding hydrogens is 234 g/mol. The molecule has 0 spiro atoms. The molecule has 0 unspecified atom stereocenters. The maximum atomic E-state index is 12.5. The van der Waals surface area contributed by atoms with Crippen LogP contribution in [0.2, 0.25) is 0 Å². The Bertz CT molecular complexity index is 518. The summed E-state index contributed by atoms with van der Waals surface area (Å²) in [5.74, 6) is 0. The summed E-state index contributed by atoms with van der Waals surface area (Å²) in [6, 6.07) is 5.74. The SMILES string of the molecule is CCN(C1CC1)S(=O)(=O)c1ccc(C)cc1C. The van der Waals surface area contributed by atoms with E-state index in [0.29, 0.717) is 11.4 Å².